The van der Waals surface area contributed by atoms with Crippen LogP contribution in [0.25, 0.3) is 11.1 Å². The molecule has 0 aromatic heterocycles. The molecule has 0 saturated carbocycles. The Balaban J connectivity index is 1.87. The van der Waals surface area contributed by atoms with Gasteiger partial charge in [-0.3, -0.25) is 4.79 Å². The summed E-state index contributed by atoms with van der Waals surface area (Å²) in [7, 11) is -3.89. The first-order chi connectivity index (χ1) is 16.6. The Kier molecular flexibility index (Phi) is 6.97. The molecule has 1 heterocycles. The van der Waals surface area contributed by atoms with E-state index < -0.39 is 27.6 Å². The molecule has 5 nitrogen and oxygen atoms in total. The summed E-state index contributed by atoms with van der Waals surface area (Å²) in [5.74, 6) is -0.436. The third kappa shape index (κ3) is 5.55. The van der Waals surface area contributed by atoms with Crippen LogP contribution >= 0.6 is 0 Å². The van der Waals surface area contributed by atoms with Crippen molar-refractivity contribution in [1.82, 2.24) is 4.31 Å². The van der Waals surface area contributed by atoms with Crippen molar-refractivity contribution in [3.63, 3.8) is 0 Å². The van der Waals surface area contributed by atoms with Gasteiger partial charge in [-0.2, -0.15) is 4.31 Å². The van der Waals surface area contributed by atoms with Crippen LogP contribution in [0.2, 0.25) is 0 Å². The minimum Gasteiger partial charge on any atom is -0.460 e. The second kappa shape index (κ2) is 9.80. The van der Waals surface area contributed by atoms with Crippen LogP contribution in [0.5, 0.6) is 0 Å². The van der Waals surface area contributed by atoms with Crippen LogP contribution in [0.15, 0.2) is 89.8 Å². The van der Waals surface area contributed by atoms with Crippen LogP contribution in [0.3, 0.4) is 0 Å². The Morgan fingerprint density at radius 2 is 1.43 bits per heavy atom. The minimum atomic E-state index is -3.89. The molecular formula is C29H31NO4S. The molecule has 0 spiro atoms. The van der Waals surface area contributed by atoms with Gasteiger partial charge >= 0.3 is 5.97 Å². The van der Waals surface area contributed by atoms with Gasteiger partial charge in [-0.05, 0) is 62.1 Å². The van der Waals surface area contributed by atoms with Gasteiger partial charge in [-0.25, -0.2) is 8.42 Å². The van der Waals surface area contributed by atoms with Gasteiger partial charge in [0.25, 0.3) is 0 Å². The zero-order valence-corrected chi connectivity index (χ0v) is 21.4. The molecule has 1 unspecified atom stereocenters. The van der Waals surface area contributed by atoms with Crippen molar-refractivity contribution < 1.29 is 17.9 Å². The van der Waals surface area contributed by atoms with Crippen molar-refractivity contribution in [2.75, 3.05) is 6.54 Å². The predicted octanol–water partition coefficient (Wildman–Crippen LogP) is 5.71. The number of carbonyl (C=O) groups excluding carboxylic acids is 1. The van der Waals surface area contributed by atoms with E-state index in [0.717, 1.165) is 27.8 Å². The molecule has 1 atom stereocenters. The molecule has 35 heavy (non-hydrogen) atoms. The first-order valence-corrected chi connectivity index (χ1v) is 13.1. The number of aryl methyl sites for hydroxylation is 1. The number of rotatable bonds is 6. The standard InChI is InChI=1S/C29H31NO4S/c1-21-15-17-24(18-16-21)35(32,33)30-20-25(22-11-7-5-8-12-22)28(23-13-9-6-10-14-23)26(30)19-27(31)34-29(2,3)4/h5-18,26H,19-20H2,1-4H3. The highest BCUT2D eigenvalue weighted by Gasteiger charge is 2.43. The number of sulfonamides is 1. The predicted molar refractivity (Wildman–Crippen MR) is 139 cm³/mol. The van der Waals surface area contributed by atoms with Gasteiger partial charge in [-0.15, -0.1) is 0 Å². The molecule has 0 N–H and O–H groups in total. The summed E-state index contributed by atoms with van der Waals surface area (Å²) in [6.45, 7) is 7.51. The topological polar surface area (TPSA) is 63.7 Å². The summed E-state index contributed by atoms with van der Waals surface area (Å²) in [5, 5.41) is 0. The van der Waals surface area contributed by atoms with E-state index in [1.807, 2.05) is 88.4 Å². The molecule has 182 valence electrons. The summed E-state index contributed by atoms with van der Waals surface area (Å²) in [6, 6.07) is 25.6. The Labute approximate surface area is 208 Å². The molecule has 1 aliphatic rings. The average molecular weight is 490 g/mol. The molecule has 0 aliphatic carbocycles. The van der Waals surface area contributed by atoms with E-state index in [9.17, 15) is 13.2 Å². The van der Waals surface area contributed by atoms with Crippen LogP contribution in [0.4, 0.5) is 0 Å². The molecule has 0 amide bonds. The second-order valence-corrected chi connectivity index (χ2v) is 11.7. The normalized spacial score (nSPS) is 17.0. The smallest absolute Gasteiger partial charge is 0.308 e. The quantitative estimate of drug-likeness (QED) is 0.416. The molecule has 3 aromatic rings. The minimum absolute atomic E-state index is 0.0804. The number of esters is 1. The van der Waals surface area contributed by atoms with Gasteiger partial charge in [0.2, 0.25) is 10.0 Å². The summed E-state index contributed by atoms with van der Waals surface area (Å²) >= 11 is 0. The van der Waals surface area contributed by atoms with E-state index in [2.05, 4.69) is 0 Å². The highest BCUT2D eigenvalue weighted by Crippen LogP contribution is 2.42. The molecule has 1 aliphatic heterocycles. The van der Waals surface area contributed by atoms with Crippen molar-refractivity contribution in [3.05, 3.63) is 102 Å². The number of benzene rings is 3. The van der Waals surface area contributed by atoms with Gasteiger partial charge in [0.05, 0.1) is 17.4 Å². The number of hydrogen-bond donors (Lipinski definition) is 0. The van der Waals surface area contributed by atoms with Crippen molar-refractivity contribution >= 4 is 27.1 Å². The molecular weight excluding hydrogens is 458 g/mol. The van der Waals surface area contributed by atoms with E-state index in [0.29, 0.717) is 0 Å². The lowest BCUT2D eigenvalue weighted by Gasteiger charge is -2.28. The lowest BCUT2D eigenvalue weighted by atomic mass is 9.92. The molecule has 0 radical (unpaired) electrons. The molecule has 0 saturated heterocycles. The Morgan fingerprint density at radius 1 is 0.886 bits per heavy atom. The van der Waals surface area contributed by atoms with Gasteiger partial charge in [-0.1, -0.05) is 78.4 Å². The van der Waals surface area contributed by atoms with Crippen LogP contribution in [0, 0.1) is 6.92 Å². The van der Waals surface area contributed by atoms with Crippen LogP contribution in [-0.4, -0.2) is 36.9 Å². The van der Waals surface area contributed by atoms with Crippen molar-refractivity contribution in [2.45, 2.75) is 50.7 Å². The molecule has 3 aromatic carbocycles. The summed E-state index contributed by atoms with van der Waals surface area (Å²) in [6.07, 6.45) is -0.0804. The molecule has 4 rings (SSSR count). The number of nitrogens with zero attached hydrogens (tertiary/aromatic N) is 1. The third-order valence-electron chi connectivity index (χ3n) is 5.93. The van der Waals surface area contributed by atoms with E-state index in [1.54, 1.807) is 24.3 Å². The van der Waals surface area contributed by atoms with E-state index in [-0.39, 0.29) is 17.9 Å². The SMILES string of the molecule is Cc1ccc(S(=O)(=O)N2CC(c3ccccc3)=C(c3ccccc3)C2CC(=O)OC(C)(C)C)cc1. The van der Waals surface area contributed by atoms with Crippen molar-refractivity contribution in [3.8, 4) is 0 Å². The van der Waals surface area contributed by atoms with Gasteiger partial charge in [0.1, 0.15) is 5.60 Å². The number of carbonyl (C=O) groups is 1. The van der Waals surface area contributed by atoms with Gasteiger partial charge in [0.15, 0.2) is 0 Å². The number of ether oxygens (including phenoxy) is 1. The molecule has 0 fully saturated rings. The van der Waals surface area contributed by atoms with Gasteiger partial charge in [0, 0.05) is 6.54 Å². The number of hydrogen-bond acceptors (Lipinski definition) is 4. The lowest BCUT2D eigenvalue weighted by molar-refractivity contribution is -0.155. The zero-order chi connectivity index (χ0) is 25.2. The largest absolute Gasteiger partial charge is 0.460 e. The second-order valence-electron chi connectivity index (χ2n) is 9.79. The monoisotopic (exact) mass is 489 g/mol. The van der Waals surface area contributed by atoms with Gasteiger partial charge < -0.3 is 4.74 Å². The van der Waals surface area contributed by atoms with Crippen molar-refractivity contribution in [1.29, 1.82) is 0 Å². The van der Waals surface area contributed by atoms with Crippen LogP contribution in [-0.2, 0) is 19.6 Å². The Bertz CT molecular complexity index is 1320. The summed E-state index contributed by atoms with van der Waals surface area (Å²) in [4.78, 5) is 13.2. The summed E-state index contributed by atoms with van der Waals surface area (Å²) < 4.78 is 34.9. The maximum Gasteiger partial charge on any atom is 0.308 e. The van der Waals surface area contributed by atoms with Crippen LogP contribution < -0.4 is 0 Å². The fraction of sp³-hybridized carbons (Fsp3) is 0.276. The first-order valence-electron chi connectivity index (χ1n) is 11.7. The summed E-state index contributed by atoms with van der Waals surface area (Å²) in [5.41, 5.74) is 3.85. The highest BCUT2D eigenvalue weighted by molar-refractivity contribution is 7.89. The fourth-order valence-electron chi connectivity index (χ4n) is 4.41. The third-order valence-corrected chi connectivity index (χ3v) is 7.80. The average Bonchev–Trinajstić information content (AvgIpc) is 3.19. The van der Waals surface area contributed by atoms with Crippen molar-refractivity contribution in [2.24, 2.45) is 0 Å². The fourth-order valence-corrected chi connectivity index (χ4v) is 5.97. The Morgan fingerprint density at radius 3 is 1.97 bits per heavy atom. The molecule has 0 bridgehead atoms. The first kappa shape index (κ1) is 24.9. The van der Waals surface area contributed by atoms with E-state index in [1.165, 1.54) is 4.31 Å². The Hall–Kier alpha value is -3.22. The zero-order valence-electron chi connectivity index (χ0n) is 20.6. The van der Waals surface area contributed by atoms with E-state index in [4.69, 9.17) is 4.74 Å². The van der Waals surface area contributed by atoms with Crippen LogP contribution in [0.1, 0.15) is 43.9 Å². The maximum atomic E-state index is 13.9. The molecule has 6 heteroatoms. The maximum absolute atomic E-state index is 13.9. The van der Waals surface area contributed by atoms with E-state index >= 15 is 0 Å². The highest BCUT2D eigenvalue weighted by atomic mass is 32.2. The lowest BCUT2D eigenvalue weighted by Crippen LogP contribution is -2.39.